The van der Waals surface area contributed by atoms with Crippen LogP contribution < -0.4 is 10.2 Å². The summed E-state index contributed by atoms with van der Waals surface area (Å²) < 4.78 is 33.1. The number of para-hydroxylation sites is 1. The van der Waals surface area contributed by atoms with Crippen LogP contribution in [-0.2, 0) is 21.2 Å². The van der Waals surface area contributed by atoms with E-state index in [1.165, 1.54) is 10.4 Å². The lowest BCUT2D eigenvalue weighted by Crippen LogP contribution is -2.41. The molecule has 1 fully saturated rings. The topological polar surface area (TPSA) is 79.0 Å². The Morgan fingerprint density at radius 2 is 1.81 bits per heavy atom. The zero-order chi connectivity index (χ0) is 23.0. The summed E-state index contributed by atoms with van der Waals surface area (Å²) >= 11 is 0. The van der Waals surface area contributed by atoms with Crippen molar-refractivity contribution in [3.05, 3.63) is 59.7 Å². The van der Waals surface area contributed by atoms with Crippen LogP contribution in [0.4, 0.5) is 5.69 Å². The smallest absolute Gasteiger partial charge is 0.251 e. The predicted molar refractivity (Wildman–Crippen MR) is 127 cm³/mol. The van der Waals surface area contributed by atoms with Gasteiger partial charge in [-0.05, 0) is 49.6 Å². The Bertz CT molecular complexity index is 990. The summed E-state index contributed by atoms with van der Waals surface area (Å²) in [5, 5.41) is 2.93. The summed E-state index contributed by atoms with van der Waals surface area (Å²) in [4.78, 5) is 15.2. The molecule has 32 heavy (non-hydrogen) atoms. The zero-order valence-corrected chi connectivity index (χ0v) is 19.7. The van der Waals surface area contributed by atoms with Gasteiger partial charge in [0.2, 0.25) is 10.0 Å². The fraction of sp³-hybridized carbons (Fsp3) is 0.458. The van der Waals surface area contributed by atoms with Gasteiger partial charge in [-0.1, -0.05) is 31.2 Å². The van der Waals surface area contributed by atoms with E-state index in [9.17, 15) is 13.2 Å². The number of amides is 1. The van der Waals surface area contributed by atoms with E-state index >= 15 is 0 Å². The highest BCUT2D eigenvalue weighted by Gasteiger charge is 2.29. The molecule has 0 bridgehead atoms. The molecule has 0 saturated carbocycles. The van der Waals surface area contributed by atoms with Gasteiger partial charge in [0.15, 0.2) is 0 Å². The first kappa shape index (κ1) is 24.2. The number of benzene rings is 2. The molecule has 2 aromatic carbocycles. The minimum absolute atomic E-state index is 0.218. The predicted octanol–water partition coefficient (Wildman–Crippen LogP) is 2.92. The molecule has 1 N–H and O–H groups in total. The van der Waals surface area contributed by atoms with Crippen LogP contribution in [0.2, 0.25) is 0 Å². The first-order chi connectivity index (χ1) is 15.5. The van der Waals surface area contributed by atoms with Crippen molar-refractivity contribution in [2.24, 2.45) is 0 Å². The van der Waals surface area contributed by atoms with Crippen molar-refractivity contribution in [1.29, 1.82) is 0 Å². The molecule has 2 aromatic rings. The van der Waals surface area contributed by atoms with Gasteiger partial charge in [0.05, 0.1) is 18.1 Å². The summed E-state index contributed by atoms with van der Waals surface area (Å²) in [6, 6.07) is 15.1. The van der Waals surface area contributed by atoms with Gasteiger partial charge in [-0.15, -0.1) is 0 Å². The number of carbonyl (C=O) groups excluding carboxylic acids is 1. The molecule has 1 amide bonds. The zero-order valence-electron chi connectivity index (χ0n) is 18.9. The molecule has 0 atom stereocenters. The maximum atomic E-state index is 13.2. The van der Waals surface area contributed by atoms with Gasteiger partial charge in [0.1, 0.15) is 0 Å². The van der Waals surface area contributed by atoms with Gasteiger partial charge in [0.25, 0.3) is 5.91 Å². The van der Waals surface area contributed by atoms with Crippen LogP contribution in [-0.4, -0.2) is 64.6 Å². The SMILES string of the molecule is CCc1ccc(C(=O)NCCCN(CC)c2ccccc2)cc1S(=O)(=O)N1CCOCC1. The molecule has 1 aliphatic rings. The molecule has 1 aliphatic heterocycles. The number of hydrogen-bond donors (Lipinski definition) is 1. The van der Waals surface area contributed by atoms with E-state index in [2.05, 4.69) is 29.3 Å². The van der Waals surface area contributed by atoms with E-state index in [1.54, 1.807) is 12.1 Å². The first-order valence-corrected chi connectivity index (χ1v) is 12.7. The first-order valence-electron chi connectivity index (χ1n) is 11.3. The average molecular weight is 460 g/mol. The molecule has 8 heteroatoms. The van der Waals surface area contributed by atoms with Gasteiger partial charge < -0.3 is 15.0 Å². The van der Waals surface area contributed by atoms with E-state index in [4.69, 9.17) is 4.74 Å². The van der Waals surface area contributed by atoms with Crippen molar-refractivity contribution in [3.63, 3.8) is 0 Å². The minimum atomic E-state index is -3.66. The third kappa shape index (κ3) is 5.88. The molecule has 0 radical (unpaired) electrons. The second-order valence-electron chi connectivity index (χ2n) is 7.72. The molecule has 0 unspecified atom stereocenters. The number of anilines is 1. The highest BCUT2D eigenvalue weighted by Crippen LogP contribution is 2.23. The van der Waals surface area contributed by atoms with Crippen LogP contribution in [0, 0.1) is 0 Å². The maximum absolute atomic E-state index is 13.2. The Balaban J connectivity index is 1.63. The third-order valence-corrected chi connectivity index (χ3v) is 7.67. The fourth-order valence-corrected chi connectivity index (χ4v) is 5.56. The van der Waals surface area contributed by atoms with Gasteiger partial charge in [-0.25, -0.2) is 8.42 Å². The van der Waals surface area contributed by atoms with Gasteiger partial charge in [0, 0.05) is 44.0 Å². The second kappa shape index (κ2) is 11.4. The minimum Gasteiger partial charge on any atom is -0.379 e. The molecule has 3 rings (SSSR count). The van der Waals surface area contributed by atoms with Gasteiger partial charge >= 0.3 is 0 Å². The number of aryl methyl sites for hydroxylation is 1. The van der Waals surface area contributed by atoms with E-state index < -0.39 is 10.0 Å². The number of nitrogens with one attached hydrogen (secondary N) is 1. The van der Waals surface area contributed by atoms with Crippen LogP contribution in [0.3, 0.4) is 0 Å². The Labute approximate surface area is 191 Å². The lowest BCUT2D eigenvalue weighted by molar-refractivity contribution is 0.0730. The number of morpholine rings is 1. The van der Waals surface area contributed by atoms with Gasteiger partial charge in [-0.3, -0.25) is 4.79 Å². The largest absolute Gasteiger partial charge is 0.379 e. The Morgan fingerprint density at radius 1 is 1.09 bits per heavy atom. The Morgan fingerprint density at radius 3 is 2.47 bits per heavy atom. The molecule has 0 aromatic heterocycles. The van der Waals surface area contributed by atoms with E-state index in [0.29, 0.717) is 44.8 Å². The summed E-state index contributed by atoms with van der Waals surface area (Å²) in [6.07, 6.45) is 1.37. The molecule has 1 saturated heterocycles. The molecule has 174 valence electrons. The summed E-state index contributed by atoms with van der Waals surface area (Å²) in [5.74, 6) is -0.256. The molecular formula is C24H33N3O4S. The second-order valence-corrected chi connectivity index (χ2v) is 9.62. The maximum Gasteiger partial charge on any atom is 0.251 e. The Hall–Kier alpha value is -2.42. The van der Waals surface area contributed by atoms with Crippen LogP contribution in [0.5, 0.6) is 0 Å². The normalized spacial score (nSPS) is 14.8. The van der Waals surface area contributed by atoms with Crippen LogP contribution in [0.15, 0.2) is 53.4 Å². The van der Waals surface area contributed by atoms with Crippen molar-refractivity contribution in [2.45, 2.75) is 31.6 Å². The quantitative estimate of drug-likeness (QED) is 0.553. The summed E-state index contributed by atoms with van der Waals surface area (Å²) in [6.45, 7) is 7.69. The van der Waals surface area contributed by atoms with Crippen LogP contribution in [0.1, 0.15) is 36.2 Å². The van der Waals surface area contributed by atoms with Crippen molar-refractivity contribution in [2.75, 3.05) is 50.8 Å². The van der Waals surface area contributed by atoms with Gasteiger partial charge in [-0.2, -0.15) is 4.31 Å². The van der Waals surface area contributed by atoms with Crippen molar-refractivity contribution in [3.8, 4) is 0 Å². The number of rotatable bonds is 10. The summed E-state index contributed by atoms with van der Waals surface area (Å²) in [5.41, 5.74) is 2.24. The highest BCUT2D eigenvalue weighted by atomic mass is 32.2. The number of ether oxygens (including phenoxy) is 1. The number of nitrogens with zero attached hydrogens (tertiary/aromatic N) is 2. The standard InChI is InChI=1S/C24H33N3O4S/c1-3-20-11-12-21(19-23(20)32(29,30)27-15-17-31-18-16-27)24(28)25-13-8-14-26(4-2)22-9-6-5-7-10-22/h5-7,9-12,19H,3-4,8,13-18H2,1-2H3,(H,25,28). The molecule has 1 heterocycles. The van der Waals surface area contributed by atoms with E-state index in [0.717, 1.165) is 30.8 Å². The highest BCUT2D eigenvalue weighted by molar-refractivity contribution is 7.89. The monoisotopic (exact) mass is 459 g/mol. The van der Waals surface area contributed by atoms with E-state index in [-0.39, 0.29) is 10.8 Å². The van der Waals surface area contributed by atoms with Crippen molar-refractivity contribution in [1.82, 2.24) is 9.62 Å². The molecule has 0 aliphatic carbocycles. The number of sulfonamides is 1. The van der Waals surface area contributed by atoms with Crippen molar-refractivity contribution >= 4 is 21.6 Å². The average Bonchev–Trinajstić information content (AvgIpc) is 2.84. The molecular weight excluding hydrogens is 426 g/mol. The number of hydrogen-bond acceptors (Lipinski definition) is 5. The lowest BCUT2D eigenvalue weighted by Gasteiger charge is -2.27. The Kier molecular flexibility index (Phi) is 8.67. The molecule has 0 spiro atoms. The molecule has 7 nitrogen and oxygen atoms in total. The van der Waals surface area contributed by atoms with E-state index in [1.807, 2.05) is 25.1 Å². The lowest BCUT2D eigenvalue weighted by atomic mass is 10.1. The third-order valence-electron chi connectivity index (χ3n) is 5.69. The van der Waals surface area contributed by atoms with Crippen LogP contribution in [0.25, 0.3) is 0 Å². The number of carbonyl (C=O) groups is 1. The van der Waals surface area contributed by atoms with Crippen molar-refractivity contribution < 1.29 is 17.9 Å². The summed E-state index contributed by atoms with van der Waals surface area (Å²) in [7, 11) is -3.66. The van der Waals surface area contributed by atoms with Crippen LogP contribution >= 0.6 is 0 Å². The fourth-order valence-electron chi connectivity index (χ4n) is 3.84.